The maximum absolute atomic E-state index is 13.6. The maximum atomic E-state index is 13.6. The van der Waals surface area contributed by atoms with Crippen molar-refractivity contribution >= 4 is 22.0 Å². The Morgan fingerprint density at radius 1 is 1.07 bits per heavy atom. The van der Waals surface area contributed by atoms with Crippen LogP contribution in [0, 0.1) is 0 Å². The number of nitrogens with one attached hydrogen (secondary N) is 1. The van der Waals surface area contributed by atoms with E-state index in [1.54, 1.807) is 5.32 Å². The molecule has 1 unspecified atom stereocenters. The summed E-state index contributed by atoms with van der Waals surface area (Å²) in [4.78, 5) is 23.4. The standard InChI is InChI=1S/C14H18F7NO7S/c1-5-8(23)29-12(13(17,18)19,9(24)22-10(2,3)4)28-7-6-11(15,16)14(20,21)30(25,26)27/h5H,1,6-7H2,2-4H3,(H,22,24)(H,25,26,27)/p-1. The van der Waals surface area contributed by atoms with Crippen LogP contribution in [-0.4, -0.2) is 60.1 Å². The Kier molecular flexibility index (Phi) is 8.10. The van der Waals surface area contributed by atoms with Crippen LogP contribution in [0.15, 0.2) is 12.7 Å². The van der Waals surface area contributed by atoms with E-state index >= 15 is 0 Å². The Hall–Kier alpha value is -1.94. The van der Waals surface area contributed by atoms with E-state index in [0.29, 0.717) is 0 Å². The van der Waals surface area contributed by atoms with Gasteiger partial charge in [-0.05, 0) is 20.8 Å². The zero-order valence-electron chi connectivity index (χ0n) is 15.6. The van der Waals surface area contributed by atoms with E-state index < -0.39 is 63.7 Å². The number of esters is 1. The molecule has 0 radical (unpaired) electrons. The van der Waals surface area contributed by atoms with Gasteiger partial charge in [-0.1, -0.05) is 6.58 Å². The first kappa shape index (κ1) is 28.1. The van der Waals surface area contributed by atoms with E-state index in [9.17, 15) is 53.3 Å². The molecule has 0 rings (SSSR count). The summed E-state index contributed by atoms with van der Waals surface area (Å²) in [5.74, 6) is -14.4. The van der Waals surface area contributed by atoms with E-state index in [-0.39, 0.29) is 6.08 Å². The van der Waals surface area contributed by atoms with Crippen LogP contribution in [0.5, 0.6) is 0 Å². The summed E-state index contributed by atoms with van der Waals surface area (Å²) in [5.41, 5.74) is -1.40. The molecule has 8 nitrogen and oxygen atoms in total. The topological polar surface area (TPSA) is 122 Å². The van der Waals surface area contributed by atoms with Gasteiger partial charge >= 0.3 is 35.0 Å². The minimum Gasteiger partial charge on any atom is -0.743 e. The summed E-state index contributed by atoms with van der Waals surface area (Å²) in [5, 5.41) is -4.48. The third kappa shape index (κ3) is 6.28. The zero-order valence-corrected chi connectivity index (χ0v) is 16.4. The van der Waals surface area contributed by atoms with Crippen molar-refractivity contribution < 1.29 is 62.8 Å². The molecule has 0 aliphatic heterocycles. The fraction of sp³-hybridized carbons (Fsp3) is 0.714. The zero-order chi connectivity index (χ0) is 24.4. The van der Waals surface area contributed by atoms with Gasteiger partial charge < -0.3 is 19.3 Å². The lowest BCUT2D eigenvalue weighted by Gasteiger charge is -2.36. The molecule has 0 aromatic carbocycles. The second-order valence-electron chi connectivity index (χ2n) is 6.72. The van der Waals surface area contributed by atoms with E-state index in [4.69, 9.17) is 0 Å². The highest BCUT2D eigenvalue weighted by atomic mass is 32.2. The molecule has 0 bridgehead atoms. The lowest BCUT2D eigenvalue weighted by atomic mass is 10.1. The van der Waals surface area contributed by atoms with Crippen LogP contribution in [0.25, 0.3) is 0 Å². The predicted molar refractivity (Wildman–Crippen MR) is 83.1 cm³/mol. The molecule has 1 amide bonds. The third-order valence-electron chi connectivity index (χ3n) is 3.03. The summed E-state index contributed by atoms with van der Waals surface area (Å²) in [6.45, 7) is 4.28. The van der Waals surface area contributed by atoms with Gasteiger partial charge in [0.2, 0.25) is 0 Å². The lowest BCUT2D eigenvalue weighted by molar-refractivity contribution is -0.349. The number of carbonyl (C=O) groups excluding carboxylic acids is 2. The quantitative estimate of drug-likeness (QED) is 0.178. The molecule has 0 saturated heterocycles. The Morgan fingerprint density at radius 3 is 1.87 bits per heavy atom. The highest BCUT2D eigenvalue weighted by Crippen LogP contribution is 2.42. The molecule has 176 valence electrons. The summed E-state index contributed by atoms with van der Waals surface area (Å²) < 4.78 is 133. The fourth-order valence-electron chi connectivity index (χ4n) is 1.67. The van der Waals surface area contributed by atoms with Gasteiger partial charge in [-0.15, -0.1) is 0 Å². The van der Waals surface area contributed by atoms with Crippen LogP contribution in [-0.2, 0) is 29.2 Å². The molecule has 16 heteroatoms. The van der Waals surface area contributed by atoms with Gasteiger partial charge in [0.15, 0.2) is 10.1 Å². The summed E-state index contributed by atoms with van der Waals surface area (Å²) >= 11 is 0. The first-order chi connectivity index (χ1) is 13.0. The van der Waals surface area contributed by atoms with Crippen LogP contribution in [0.3, 0.4) is 0 Å². The molecule has 0 spiro atoms. The second kappa shape index (κ2) is 8.66. The van der Waals surface area contributed by atoms with Crippen molar-refractivity contribution in [3.63, 3.8) is 0 Å². The number of hydrogen-bond acceptors (Lipinski definition) is 7. The number of hydrogen-bond donors (Lipinski definition) is 1. The highest BCUT2D eigenvalue weighted by molar-refractivity contribution is 7.86. The van der Waals surface area contributed by atoms with Crippen LogP contribution < -0.4 is 5.32 Å². The Morgan fingerprint density at radius 2 is 1.53 bits per heavy atom. The Bertz CT molecular complexity index is 774. The SMILES string of the molecule is C=CC(=O)OC(OCCC(F)(F)C(F)(F)S(=O)(=O)[O-])(C(=O)NC(C)(C)C)C(F)(F)F. The van der Waals surface area contributed by atoms with Crippen molar-refractivity contribution in [1.82, 2.24) is 5.32 Å². The van der Waals surface area contributed by atoms with E-state index in [2.05, 4.69) is 16.1 Å². The highest BCUT2D eigenvalue weighted by Gasteiger charge is 2.67. The van der Waals surface area contributed by atoms with Crippen LogP contribution in [0.1, 0.15) is 27.2 Å². The monoisotopic (exact) mass is 476 g/mol. The van der Waals surface area contributed by atoms with Crippen molar-refractivity contribution in [2.24, 2.45) is 0 Å². The van der Waals surface area contributed by atoms with Gasteiger partial charge in [-0.2, -0.15) is 30.7 Å². The number of alkyl halides is 7. The first-order valence-corrected chi connectivity index (χ1v) is 9.05. The summed E-state index contributed by atoms with van der Waals surface area (Å²) in [6.07, 6.45) is -8.21. The van der Waals surface area contributed by atoms with Crippen molar-refractivity contribution in [2.45, 2.75) is 55.9 Å². The molecular weight excluding hydrogens is 459 g/mol. The molecule has 0 heterocycles. The largest absolute Gasteiger partial charge is 0.743 e. The van der Waals surface area contributed by atoms with Gasteiger partial charge in [0.25, 0.3) is 0 Å². The molecule has 0 fully saturated rings. The van der Waals surface area contributed by atoms with Crippen molar-refractivity contribution in [2.75, 3.05) is 6.61 Å². The molecule has 1 N–H and O–H groups in total. The van der Waals surface area contributed by atoms with E-state index in [0.717, 1.165) is 0 Å². The molecule has 0 aliphatic rings. The molecule has 30 heavy (non-hydrogen) atoms. The average molecular weight is 476 g/mol. The third-order valence-corrected chi connectivity index (χ3v) is 3.96. The second-order valence-corrected chi connectivity index (χ2v) is 8.14. The number of ether oxygens (including phenoxy) is 2. The lowest BCUT2D eigenvalue weighted by Crippen LogP contribution is -2.64. The molecule has 0 aromatic heterocycles. The molecule has 0 saturated carbocycles. The maximum Gasteiger partial charge on any atom is 0.466 e. The van der Waals surface area contributed by atoms with Gasteiger partial charge in [-0.25, -0.2) is 13.2 Å². The number of amides is 1. The van der Waals surface area contributed by atoms with Crippen molar-refractivity contribution in [1.29, 1.82) is 0 Å². The number of carbonyl (C=O) groups is 2. The normalized spacial score (nSPS) is 15.8. The predicted octanol–water partition coefficient (Wildman–Crippen LogP) is 2.07. The number of rotatable bonds is 9. The van der Waals surface area contributed by atoms with Crippen molar-refractivity contribution in [3.05, 3.63) is 12.7 Å². The van der Waals surface area contributed by atoms with Gasteiger partial charge in [-0.3, -0.25) is 4.79 Å². The average Bonchev–Trinajstić information content (AvgIpc) is 2.49. The van der Waals surface area contributed by atoms with Gasteiger partial charge in [0.1, 0.15) is 0 Å². The smallest absolute Gasteiger partial charge is 0.466 e. The van der Waals surface area contributed by atoms with Crippen molar-refractivity contribution in [3.8, 4) is 0 Å². The van der Waals surface area contributed by atoms with E-state index in [1.165, 1.54) is 20.8 Å². The Labute approximate surface area is 166 Å². The van der Waals surface area contributed by atoms with Gasteiger partial charge in [0.05, 0.1) is 6.61 Å². The van der Waals surface area contributed by atoms with Gasteiger partial charge in [0, 0.05) is 18.0 Å². The molecule has 0 aliphatic carbocycles. The van der Waals surface area contributed by atoms with Crippen LogP contribution >= 0.6 is 0 Å². The summed E-state index contributed by atoms with van der Waals surface area (Å²) in [7, 11) is -6.91. The fourth-order valence-corrected chi connectivity index (χ4v) is 2.14. The summed E-state index contributed by atoms with van der Waals surface area (Å²) in [6, 6.07) is 0. The Balaban J connectivity index is 6.04. The first-order valence-electron chi connectivity index (χ1n) is 7.64. The molecule has 0 aromatic rings. The van der Waals surface area contributed by atoms with Crippen LogP contribution in [0.2, 0.25) is 0 Å². The molecule has 1 atom stereocenters. The minimum atomic E-state index is -6.91. The van der Waals surface area contributed by atoms with Crippen LogP contribution in [0.4, 0.5) is 30.7 Å². The molecular formula is C14H17F7NO7S-. The number of halogens is 7. The minimum absolute atomic E-state index is 0.168. The van der Waals surface area contributed by atoms with E-state index in [1.807, 2.05) is 0 Å².